The molecule has 0 aliphatic heterocycles. The maximum absolute atomic E-state index is 11.2. The number of hydrogen-bond donors (Lipinski definition) is 0. The fourth-order valence-electron chi connectivity index (χ4n) is 1.03. The fourth-order valence-corrected chi connectivity index (χ4v) is 1.03. The van der Waals surface area contributed by atoms with Crippen molar-refractivity contribution in [1.82, 2.24) is 4.98 Å². The highest BCUT2D eigenvalue weighted by atomic mass is 16.5. The molecular formula is C8H12N2O. The van der Waals surface area contributed by atoms with Crippen LogP contribution in [0.2, 0.25) is 0 Å². The van der Waals surface area contributed by atoms with E-state index in [9.17, 15) is 5.21 Å². The Balaban J connectivity index is 3.46. The van der Waals surface area contributed by atoms with Crippen LogP contribution in [-0.4, -0.2) is 4.98 Å². The predicted octanol–water partition coefficient (Wildman–Crippen LogP) is 0.949. The van der Waals surface area contributed by atoms with Gasteiger partial charge in [0.1, 0.15) is 5.69 Å². The first kappa shape index (κ1) is 7.98. The molecule has 1 aromatic rings. The average molecular weight is 152 g/mol. The highest BCUT2D eigenvalue weighted by Gasteiger charge is 2.10. The topological polar surface area (TPSA) is 39.8 Å². The van der Waals surface area contributed by atoms with Crippen molar-refractivity contribution in [3.8, 4) is 0 Å². The Morgan fingerprint density at radius 2 is 1.73 bits per heavy atom. The van der Waals surface area contributed by atoms with Gasteiger partial charge in [0.05, 0.1) is 0 Å². The molecule has 0 unspecified atom stereocenters. The van der Waals surface area contributed by atoms with Crippen molar-refractivity contribution in [2.75, 3.05) is 0 Å². The minimum atomic E-state index is 0.519. The van der Waals surface area contributed by atoms with Gasteiger partial charge in [0.15, 0.2) is 5.69 Å². The van der Waals surface area contributed by atoms with E-state index in [1.54, 1.807) is 6.92 Å². The molecule has 0 radical (unpaired) electrons. The molecule has 3 heteroatoms. The Labute approximate surface area is 66.3 Å². The number of aryl methyl sites for hydroxylation is 2. The third-order valence-electron chi connectivity index (χ3n) is 2.01. The maximum atomic E-state index is 11.2. The maximum Gasteiger partial charge on any atom is 0.298 e. The van der Waals surface area contributed by atoms with Crippen LogP contribution in [0.3, 0.4) is 0 Å². The molecule has 0 bridgehead atoms. The van der Waals surface area contributed by atoms with E-state index in [0.717, 1.165) is 21.7 Å². The first-order chi connectivity index (χ1) is 5.04. The summed E-state index contributed by atoms with van der Waals surface area (Å²) in [6, 6.07) is 0. The second-order valence-corrected chi connectivity index (χ2v) is 2.75. The van der Waals surface area contributed by atoms with Crippen molar-refractivity contribution in [3.05, 3.63) is 28.0 Å². The lowest BCUT2D eigenvalue weighted by Gasteiger charge is -2.09. The van der Waals surface area contributed by atoms with E-state index in [4.69, 9.17) is 0 Å². The van der Waals surface area contributed by atoms with Crippen LogP contribution in [0.5, 0.6) is 0 Å². The van der Waals surface area contributed by atoms with Crippen molar-refractivity contribution in [1.29, 1.82) is 0 Å². The van der Waals surface area contributed by atoms with Gasteiger partial charge in [-0.05, 0) is 13.8 Å². The molecule has 0 aliphatic carbocycles. The van der Waals surface area contributed by atoms with Gasteiger partial charge < -0.3 is 5.21 Å². The van der Waals surface area contributed by atoms with E-state index in [1.807, 2.05) is 20.8 Å². The van der Waals surface area contributed by atoms with Crippen molar-refractivity contribution in [3.63, 3.8) is 0 Å². The summed E-state index contributed by atoms with van der Waals surface area (Å²) in [6.45, 7) is 7.34. The van der Waals surface area contributed by atoms with Gasteiger partial charge in [0.25, 0.3) is 5.82 Å². The van der Waals surface area contributed by atoms with E-state index < -0.39 is 0 Å². The number of rotatable bonds is 0. The number of hydrogen-bond acceptors (Lipinski definition) is 2. The van der Waals surface area contributed by atoms with Crippen LogP contribution in [0.1, 0.15) is 22.8 Å². The third kappa shape index (κ3) is 1.18. The van der Waals surface area contributed by atoms with Crippen LogP contribution in [0.15, 0.2) is 0 Å². The summed E-state index contributed by atoms with van der Waals surface area (Å²) in [5.41, 5.74) is 2.66. The molecule has 0 saturated carbocycles. The second-order valence-electron chi connectivity index (χ2n) is 2.75. The molecule has 0 saturated heterocycles. The molecule has 60 valence electrons. The predicted molar refractivity (Wildman–Crippen MR) is 42.1 cm³/mol. The Kier molecular flexibility index (Phi) is 1.81. The SMILES string of the molecule is Cc1nc(C)[n+]([O-])c(C)c1C. The van der Waals surface area contributed by atoms with Gasteiger partial charge >= 0.3 is 0 Å². The molecule has 0 N–H and O–H groups in total. The summed E-state index contributed by atoms with van der Waals surface area (Å²) in [5.74, 6) is 0.519. The van der Waals surface area contributed by atoms with Crippen LogP contribution in [0.25, 0.3) is 0 Å². The van der Waals surface area contributed by atoms with Gasteiger partial charge in [-0.3, -0.25) is 0 Å². The van der Waals surface area contributed by atoms with Crippen molar-refractivity contribution >= 4 is 0 Å². The fraction of sp³-hybridized carbons (Fsp3) is 0.500. The molecule has 1 heterocycles. The third-order valence-corrected chi connectivity index (χ3v) is 2.01. The van der Waals surface area contributed by atoms with Crippen LogP contribution < -0.4 is 4.73 Å². The molecule has 11 heavy (non-hydrogen) atoms. The van der Waals surface area contributed by atoms with Gasteiger partial charge in [-0.2, -0.15) is 0 Å². The lowest BCUT2D eigenvalue weighted by atomic mass is 10.2. The Morgan fingerprint density at radius 3 is 2.27 bits per heavy atom. The van der Waals surface area contributed by atoms with Crippen LogP contribution in [-0.2, 0) is 0 Å². The number of aromatic nitrogens is 2. The minimum absolute atomic E-state index is 0.519. The smallest absolute Gasteiger partial charge is 0.298 e. The van der Waals surface area contributed by atoms with Gasteiger partial charge in [-0.25, -0.2) is 4.73 Å². The monoisotopic (exact) mass is 152 g/mol. The molecule has 0 fully saturated rings. The van der Waals surface area contributed by atoms with Gasteiger partial charge in [0.2, 0.25) is 0 Å². The zero-order valence-corrected chi connectivity index (χ0v) is 7.30. The van der Waals surface area contributed by atoms with Gasteiger partial charge in [0, 0.05) is 19.4 Å². The van der Waals surface area contributed by atoms with Crippen LogP contribution in [0, 0.1) is 32.9 Å². The first-order valence-electron chi connectivity index (χ1n) is 3.58. The molecule has 0 atom stereocenters. The van der Waals surface area contributed by atoms with E-state index in [0.29, 0.717) is 5.82 Å². The molecule has 0 spiro atoms. The summed E-state index contributed by atoms with van der Waals surface area (Å²) >= 11 is 0. The quantitative estimate of drug-likeness (QED) is 0.410. The molecule has 1 aromatic heterocycles. The minimum Gasteiger partial charge on any atom is -0.711 e. The normalized spacial score (nSPS) is 10.2. The standard InChI is InChI=1S/C8H12N2O/c1-5-6(2)9-8(4)10(11)7(5)3/h1-4H3. The van der Waals surface area contributed by atoms with E-state index in [-0.39, 0.29) is 0 Å². The first-order valence-corrected chi connectivity index (χ1v) is 3.58. The Bertz CT molecular complexity index is 268. The zero-order valence-electron chi connectivity index (χ0n) is 7.30. The molecule has 0 aliphatic rings. The van der Waals surface area contributed by atoms with E-state index in [2.05, 4.69) is 4.98 Å². The summed E-state index contributed by atoms with van der Waals surface area (Å²) < 4.78 is 0.863. The molecule has 0 aromatic carbocycles. The summed E-state index contributed by atoms with van der Waals surface area (Å²) in [4.78, 5) is 4.08. The summed E-state index contributed by atoms with van der Waals surface area (Å²) in [5, 5.41) is 11.2. The highest BCUT2D eigenvalue weighted by Crippen LogP contribution is 2.04. The second kappa shape index (κ2) is 2.49. The van der Waals surface area contributed by atoms with Crippen molar-refractivity contribution in [2.45, 2.75) is 27.7 Å². The van der Waals surface area contributed by atoms with E-state index in [1.165, 1.54) is 0 Å². The molecule has 3 nitrogen and oxygen atoms in total. The Morgan fingerprint density at radius 1 is 1.18 bits per heavy atom. The van der Waals surface area contributed by atoms with E-state index >= 15 is 0 Å². The average Bonchev–Trinajstić information content (AvgIpc) is 1.97. The van der Waals surface area contributed by atoms with Gasteiger partial charge in [-0.1, -0.05) is 4.98 Å². The molecule has 1 rings (SSSR count). The van der Waals surface area contributed by atoms with Crippen molar-refractivity contribution < 1.29 is 4.73 Å². The molecular weight excluding hydrogens is 140 g/mol. The van der Waals surface area contributed by atoms with Crippen molar-refractivity contribution in [2.24, 2.45) is 0 Å². The lowest BCUT2D eigenvalue weighted by molar-refractivity contribution is -0.623. The Hall–Kier alpha value is -1.12. The largest absolute Gasteiger partial charge is 0.711 e. The summed E-state index contributed by atoms with van der Waals surface area (Å²) in [6.07, 6.45) is 0. The van der Waals surface area contributed by atoms with Crippen LogP contribution >= 0.6 is 0 Å². The lowest BCUT2D eigenvalue weighted by Crippen LogP contribution is -2.36. The van der Waals surface area contributed by atoms with Gasteiger partial charge in [-0.15, -0.1) is 0 Å². The zero-order chi connectivity index (χ0) is 8.59. The number of nitrogens with zero attached hydrogens (tertiary/aromatic N) is 2. The highest BCUT2D eigenvalue weighted by molar-refractivity contribution is 5.18. The summed E-state index contributed by atoms with van der Waals surface area (Å²) in [7, 11) is 0. The van der Waals surface area contributed by atoms with Crippen LogP contribution in [0.4, 0.5) is 0 Å². The molecule has 0 amide bonds.